The third-order valence-electron chi connectivity index (χ3n) is 3.24. The van der Waals surface area contributed by atoms with Crippen LogP contribution in [-0.2, 0) is 11.2 Å². The minimum absolute atomic E-state index is 0.0287. The van der Waals surface area contributed by atoms with Crippen LogP contribution < -0.4 is 5.32 Å². The van der Waals surface area contributed by atoms with Crippen molar-refractivity contribution in [3.63, 3.8) is 0 Å². The number of hydrogen-bond donors (Lipinski definition) is 1. The Kier molecular flexibility index (Phi) is 4.37. The number of nitro groups is 1. The zero-order valence-corrected chi connectivity index (χ0v) is 13.6. The van der Waals surface area contributed by atoms with Crippen molar-refractivity contribution in [2.45, 2.75) is 6.42 Å². The lowest BCUT2D eigenvalue weighted by molar-refractivity contribution is -0.383. The summed E-state index contributed by atoms with van der Waals surface area (Å²) in [7, 11) is 0. The van der Waals surface area contributed by atoms with E-state index in [0.29, 0.717) is 16.4 Å². The fourth-order valence-electron chi connectivity index (χ4n) is 2.22. The summed E-state index contributed by atoms with van der Waals surface area (Å²) in [6.45, 7) is 0. The monoisotopic (exact) mass is 364 g/mol. The molecule has 0 saturated carbocycles. The first kappa shape index (κ1) is 16.2. The average Bonchev–Trinajstić information content (AvgIpc) is 2.89. The molecule has 0 aliphatic rings. The average molecular weight is 365 g/mol. The van der Waals surface area contributed by atoms with Crippen LogP contribution in [0.5, 0.6) is 0 Å². The van der Waals surface area contributed by atoms with Crippen LogP contribution in [0, 0.1) is 10.1 Å². The Morgan fingerprint density at radius 2 is 1.96 bits per heavy atom. The van der Waals surface area contributed by atoms with E-state index in [1.807, 2.05) is 0 Å². The molecule has 9 heteroatoms. The van der Waals surface area contributed by atoms with Gasteiger partial charge in [0.2, 0.25) is 5.91 Å². The molecule has 1 N–H and O–H groups in total. The lowest BCUT2D eigenvalue weighted by Gasteiger charge is -2.05. The molecule has 0 spiro atoms. The Morgan fingerprint density at radius 3 is 2.71 bits per heavy atom. The highest BCUT2D eigenvalue weighted by molar-refractivity contribution is 6.31. The van der Waals surface area contributed by atoms with E-state index >= 15 is 0 Å². The van der Waals surface area contributed by atoms with Gasteiger partial charge < -0.3 is 9.72 Å². The van der Waals surface area contributed by atoms with Crippen LogP contribution in [0.15, 0.2) is 42.7 Å². The molecule has 2 heterocycles. The molecule has 1 amide bonds. The molecule has 0 aliphatic heterocycles. The summed E-state index contributed by atoms with van der Waals surface area (Å²) in [5, 5.41) is 14.3. The molecule has 0 bridgehead atoms. The lowest BCUT2D eigenvalue weighted by atomic mass is 10.2. The van der Waals surface area contributed by atoms with E-state index in [1.165, 1.54) is 18.2 Å². The highest BCUT2D eigenvalue weighted by Gasteiger charge is 2.17. The van der Waals surface area contributed by atoms with Crippen molar-refractivity contribution in [2.24, 2.45) is 0 Å². The number of nitro benzene ring substituents is 1. The van der Waals surface area contributed by atoms with Crippen molar-refractivity contribution >= 4 is 46.1 Å². The number of amides is 1. The quantitative estimate of drug-likeness (QED) is 0.564. The number of nitrogens with one attached hydrogen (secondary N) is 1. The third-order valence-corrected chi connectivity index (χ3v) is 3.70. The molecule has 3 rings (SSSR count). The second-order valence-corrected chi connectivity index (χ2v) is 5.86. The van der Waals surface area contributed by atoms with Crippen molar-refractivity contribution in [3.05, 3.63) is 68.6 Å². The number of imidazole rings is 1. The van der Waals surface area contributed by atoms with Gasteiger partial charge in [0.1, 0.15) is 11.3 Å². The number of nitrogens with zero attached hydrogens (tertiary/aromatic N) is 3. The van der Waals surface area contributed by atoms with E-state index in [9.17, 15) is 14.9 Å². The van der Waals surface area contributed by atoms with E-state index in [2.05, 4.69) is 10.3 Å². The number of benzene rings is 1. The first-order chi connectivity index (χ1) is 11.4. The fraction of sp³-hybridized carbons (Fsp3) is 0.0667. The maximum absolute atomic E-state index is 12.1. The van der Waals surface area contributed by atoms with Gasteiger partial charge in [-0.15, -0.1) is 0 Å². The van der Waals surface area contributed by atoms with Gasteiger partial charge in [-0.1, -0.05) is 23.2 Å². The Morgan fingerprint density at radius 1 is 1.21 bits per heavy atom. The number of carbonyl (C=O) groups is 1. The number of rotatable bonds is 4. The summed E-state index contributed by atoms with van der Waals surface area (Å²) < 4.78 is 1.70. The van der Waals surface area contributed by atoms with Gasteiger partial charge in [-0.25, -0.2) is 4.98 Å². The Bertz CT molecular complexity index is 955. The summed E-state index contributed by atoms with van der Waals surface area (Å²) in [4.78, 5) is 26.9. The minimum atomic E-state index is -0.603. The minimum Gasteiger partial charge on any atom is -0.320 e. The molecular weight excluding hydrogens is 355 g/mol. The number of anilines is 1. The number of pyridine rings is 1. The third kappa shape index (κ3) is 3.47. The zero-order valence-electron chi connectivity index (χ0n) is 12.1. The summed E-state index contributed by atoms with van der Waals surface area (Å²) in [5.41, 5.74) is 0.991. The zero-order chi connectivity index (χ0) is 17.3. The van der Waals surface area contributed by atoms with E-state index < -0.39 is 10.8 Å². The SMILES string of the molecule is O=C(Cc1cn2cc(Cl)ccc2n1)Nc1ccc(Cl)cc1[N+](=O)[O-]. The largest absolute Gasteiger partial charge is 0.320 e. The Hall–Kier alpha value is -2.64. The number of hydrogen-bond acceptors (Lipinski definition) is 4. The lowest BCUT2D eigenvalue weighted by Crippen LogP contribution is -2.15. The van der Waals surface area contributed by atoms with Gasteiger partial charge in [0.15, 0.2) is 0 Å². The van der Waals surface area contributed by atoms with Gasteiger partial charge in [0.05, 0.1) is 22.1 Å². The Balaban J connectivity index is 1.79. The Labute approximate surface area is 146 Å². The number of carbonyl (C=O) groups excluding carboxylic acids is 1. The molecule has 1 aromatic carbocycles. The smallest absolute Gasteiger partial charge is 0.294 e. The van der Waals surface area contributed by atoms with Crippen molar-refractivity contribution in [1.29, 1.82) is 0 Å². The van der Waals surface area contributed by atoms with Crippen LogP contribution in [0.25, 0.3) is 5.65 Å². The van der Waals surface area contributed by atoms with Crippen LogP contribution in [0.4, 0.5) is 11.4 Å². The van der Waals surface area contributed by atoms with Crippen LogP contribution in [-0.4, -0.2) is 20.2 Å². The van der Waals surface area contributed by atoms with Crippen molar-refractivity contribution in [2.75, 3.05) is 5.32 Å². The number of halogens is 2. The normalized spacial score (nSPS) is 10.8. The topological polar surface area (TPSA) is 89.5 Å². The van der Waals surface area contributed by atoms with Crippen molar-refractivity contribution < 1.29 is 9.72 Å². The van der Waals surface area contributed by atoms with Crippen molar-refractivity contribution in [3.8, 4) is 0 Å². The highest BCUT2D eigenvalue weighted by atomic mass is 35.5. The van der Waals surface area contributed by atoms with Crippen molar-refractivity contribution in [1.82, 2.24) is 9.38 Å². The summed E-state index contributed by atoms with van der Waals surface area (Å²) in [5.74, 6) is -0.421. The molecule has 2 aromatic heterocycles. The first-order valence-electron chi connectivity index (χ1n) is 6.79. The maximum Gasteiger partial charge on any atom is 0.294 e. The molecule has 0 aliphatic carbocycles. The van der Waals surface area contributed by atoms with Gasteiger partial charge >= 0.3 is 0 Å². The number of fused-ring (bicyclic) bond motifs is 1. The van der Waals surface area contributed by atoms with Crippen LogP contribution in [0.1, 0.15) is 5.69 Å². The van der Waals surface area contributed by atoms with E-state index in [4.69, 9.17) is 23.2 Å². The molecule has 7 nitrogen and oxygen atoms in total. The summed E-state index contributed by atoms with van der Waals surface area (Å²) in [6.07, 6.45) is 3.32. The molecule has 0 atom stereocenters. The second-order valence-electron chi connectivity index (χ2n) is 4.99. The predicted octanol–water partition coefficient (Wildman–Crippen LogP) is 3.73. The predicted molar refractivity (Wildman–Crippen MR) is 90.6 cm³/mol. The molecule has 0 unspecified atom stereocenters. The fourth-order valence-corrected chi connectivity index (χ4v) is 2.56. The van der Waals surface area contributed by atoms with Gasteiger partial charge in [-0.3, -0.25) is 14.9 Å². The van der Waals surface area contributed by atoms with E-state index in [-0.39, 0.29) is 22.8 Å². The van der Waals surface area contributed by atoms with Crippen LogP contribution in [0.2, 0.25) is 10.0 Å². The van der Waals surface area contributed by atoms with Crippen LogP contribution in [0.3, 0.4) is 0 Å². The van der Waals surface area contributed by atoms with Gasteiger partial charge in [-0.2, -0.15) is 0 Å². The van der Waals surface area contributed by atoms with Crippen LogP contribution >= 0.6 is 23.2 Å². The molecule has 122 valence electrons. The van der Waals surface area contributed by atoms with Gasteiger partial charge in [-0.05, 0) is 24.3 Å². The number of aromatic nitrogens is 2. The van der Waals surface area contributed by atoms with Gasteiger partial charge in [0.25, 0.3) is 5.69 Å². The van der Waals surface area contributed by atoms with E-state index in [1.54, 1.807) is 28.9 Å². The highest BCUT2D eigenvalue weighted by Crippen LogP contribution is 2.27. The second kappa shape index (κ2) is 6.46. The molecule has 3 aromatic rings. The molecular formula is C15H10Cl2N4O3. The molecule has 0 fully saturated rings. The van der Waals surface area contributed by atoms with E-state index in [0.717, 1.165) is 0 Å². The molecule has 0 saturated heterocycles. The standard InChI is InChI=1S/C15H10Cl2N4O3/c16-9-1-3-12(13(5-9)21(23)24)19-15(22)6-11-8-20-7-10(17)2-4-14(20)18-11/h1-5,7-8H,6H2,(H,19,22). The molecule has 24 heavy (non-hydrogen) atoms. The first-order valence-corrected chi connectivity index (χ1v) is 7.55. The maximum atomic E-state index is 12.1. The summed E-state index contributed by atoms with van der Waals surface area (Å²) in [6, 6.07) is 7.47. The van der Waals surface area contributed by atoms with Gasteiger partial charge in [0, 0.05) is 23.5 Å². The molecule has 0 radical (unpaired) electrons. The summed E-state index contributed by atoms with van der Waals surface area (Å²) >= 11 is 11.6.